The zero-order valence-corrected chi connectivity index (χ0v) is 8.87. The summed E-state index contributed by atoms with van der Waals surface area (Å²) in [4.78, 5) is 12.3. The Kier molecular flexibility index (Phi) is 3.23. The molecule has 0 N–H and O–H groups in total. The minimum Gasteiger partial charge on any atom is -0.481 e. The van der Waals surface area contributed by atoms with Gasteiger partial charge in [-0.05, 0) is 24.3 Å². The zero-order valence-electron chi connectivity index (χ0n) is 8.87. The van der Waals surface area contributed by atoms with Crippen LogP contribution in [0.25, 0.3) is 0 Å². The van der Waals surface area contributed by atoms with E-state index in [1.165, 1.54) is 0 Å². The van der Waals surface area contributed by atoms with Crippen molar-refractivity contribution in [2.24, 2.45) is 4.99 Å². The maximum atomic E-state index is 5.23. The zero-order chi connectivity index (χ0) is 11.2. The molecule has 0 aliphatic carbocycles. The predicted octanol–water partition coefficient (Wildman–Crippen LogP) is 2.20. The maximum Gasteiger partial charge on any atom is 0.222 e. The molecule has 0 spiro atoms. The summed E-state index contributed by atoms with van der Waals surface area (Å²) in [6.45, 7) is 0. The Bertz CT molecular complexity index is 468. The lowest BCUT2D eigenvalue weighted by Crippen LogP contribution is -2.03. The van der Waals surface area contributed by atoms with Gasteiger partial charge in [0, 0.05) is 24.8 Å². The first-order chi connectivity index (χ1) is 7.90. The summed E-state index contributed by atoms with van der Waals surface area (Å²) < 4.78 is 5.23. The molecule has 0 unspecified atom stereocenters. The van der Waals surface area contributed by atoms with Crippen LogP contribution in [0.4, 0.5) is 5.69 Å². The molecule has 0 fully saturated rings. The molecule has 16 heavy (non-hydrogen) atoms. The smallest absolute Gasteiger partial charge is 0.222 e. The van der Waals surface area contributed by atoms with E-state index in [0.717, 1.165) is 11.3 Å². The molecule has 0 aromatic carbocycles. The van der Waals surface area contributed by atoms with E-state index in [4.69, 9.17) is 4.74 Å². The van der Waals surface area contributed by atoms with E-state index in [0.29, 0.717) is 5.90 Å². The second-order valence-corrected chi connectivity index (χ2v) is 3.07. The van der Waals surface area contributed by atoms with Crippen LogP contribution in [0.2, 0.25) is 0 Å². The van der Waals surface area contributed by atoms with Crippen molar-refractivity contribution in [3.63, 3.8) is 0 Å². The average Bonchev–Trinajstić information content (AvgIpc) is 2.38. The van der Waals surface area contributed by atoms with Crippen molar-refractivity contribution in [1.29, 1.82) is 0 Å². The van der Waals surface area contributed by atoms with Crippen LogP contribution in [0.3, 0.4) is 0 Å². The molecule has 0 saturated carbocycles. The molecule has 2 heterocycles. The molecular formula is C12H11N3O. The van der Waals surface area contributed by atoms with Gasteiger partial charge in [-0.2, -0.15) is 0 Å². The Balaban J connectivity index is 2.34. The fourth-order valence-corrected chi connectivity index (χ4v) is 1.25. The van der Waals surface area contributed by atoms with Gasteiger partial charge >= 0.3 is 0 Å². The van der Waals surface area contributed by atoms with E-state index in [2.05, 4.69) is 15.0 Å². The van der Waals surface area contributed by atoms with Crippen molar-refractivity contribution in [2.75, 3.05) is 7.11 Å². The third kappa shape index (κ3) is 2.42. The van der Waals surface area contributed by atoms with Gasteiger partial charge in [-0.1, -0.05) is 0 Å². The maximum absolute atomic E-state index is 5.23. The van der Waals surface area contributed by atoms with Gasteiger partial charge in [0.15, 0.2) is 0 Å². The third-order valence-corrected chi connectivity index (χ3v) is 2.00. The fourth-order valence-electron chi connectivity index (χ4n) is 1.25. The molecule has 4 heteroatoms. The molecule has 0 amide bonds. The Hall–Kier alpha value is -2.23. The number of rotatable bonds is 2. The number of ether oxygens (including phenoxy) is 1. The van der Waals surface area contributed by atoms with E-state index in [1.54, 1.807) is 31.9 Å². The Morgan fingerprint density at radius 1 is 1.12 bits per heavy atom. The highest BCUT2D eigenvalue weighted by Gasteiger charge is 2.02. The van der Waals surface area contributed by atoms with Crippen molar-refractivity contribution >= 4 is 11.6 Å². The summed E-state index contributed by atoms with van der Waals surface area (Å²) in [6.07, 6.45) is 6.80. The Morgan fingerprint density at radius 2 is 1.94 bits per heavy atom. The van der Waals surface area contributed by atoms with Crippen LogP contribution in [0.15, 0.2) is 54.0 Å². The number of pyridine rings is 2. The van der Waals surface area contributed by atoms with E-state index in [9.17, 15) is 0 Å². The first-order valence-electron chi connectivity index (χ1n) is 4.83. The lowest BCUT2D eigenvalue weighted by molar-refractivity contribution is 0.405. The van der Waals surface area contributed by atoms with Crippen LogP contribution in [0.1, 0.15) is 5.56 Å². The quantitative estimate of drug-likeness (QED) is 0.567. The third-order valence-electron chi connectivity index (χ3n) is 2.00. The van der Waals surface area contributed by atoms with Gasteiger partial charge in [-0.3, -0.25) is 9.97 Å². The summed E-state index contributed by atoms with van der Waals surface area (Å²) in [5.41, 5.74) is 1.65. The molecule has 2 aromatic heterocycles. The van der Waals surface area contributed by atoms with Crippen LogP contribution >= 0.6 is 0 Å². The van der Waals surface area contributed by atoms with Crippen molar-refractivity contribution in [1.82, 2.24) is 9.97 Å². The summed E-state index contributed by atoms with van der Waals surface area (Å²) >= 11 is 0. The van der Waals surface area contributed by atoms with Crippen LogP contribution in [-0.4, -0.2) is 23.0 Å². The molecule has 2 aromatic rings. The van der Waals surface area contributed by atoms with Gasteiger partial charge in [0.25, 0.3) is 0 Å². The van der Waals surface area contributed by atoms with Crippen LogP contribution < -0.4 is 0 Å². The van der Waals surface area contributed by atoms with Crippen molar-refractivity contribution in [3.8, 4) is 0 Å². The van der Waals surface area contributed by atoms with E-state index in [1.807, 2.05) is 24.3 Å². The van der Waals surface area contributed by atoms with Crippen molar-refractivity contribution in [3.05, 3.63) is 54.6 Å². The van der Waals surface area contributed by atoms with Gasteiger partial charge in [0.2, 0.25) is 5.90 Å². The topological polar surface area (TPSA) is 47.4 Å². The Morgan fingerprint density at radius 3 is 2.56 bits per heavy atom. The highest BCUT2D eigenvalue weighted by Crippen LogP contribution is 2.11. The van der Waals surface area contributed by atoms with Crippen LogP contribution in [0.5, 0.6) is 0 Å². The molecule has 0 aliphatic heterocycles. The minimum absolute atomic E-state index is 0.541. The number of methoxy groups -OCH3 is 1. The lowest BCUT2D eigenvalue weighted by atomic mass is 10.3. The van der Waals surface area contributed by atoms with Crippen molar-refractivity contribution in [2.45, 2.75) is 0 Å². The normalized spacial score (nSPS) is 11.2. The van der Waals surface area contributed by atoms with E-state index >= 15 is 0 Å². The molecule has 4 nitrogen and oxygen atoms in total. The monoisotopic (exact) mass is 213 g/mol. The standard InChI is InChI=1S/C12H11N3O/c1-16-12(10-3-2-6-14-9-10)15-11-4-7-13-8-5-11/h2-9H,1H3. The molecule has 80 valence electrons. The number of hydrogen-bond acceptors (Lipinski definition) is 4. The van der Waals surface area contributed by atoms with Crippen LogP contribution in [-0.2, 0) is 4.74 Å². The molecule has 0 aliphatic rings. The Labute approximate surface area is 93.7 Å². The average molecular weight is 213 g/mol. The second-order valence-electron chi connectivity index (χ2n) is 3.07. The molecular weight excluding hydrogens is 202 g/mol. The molecule has 0 bridgehead atoms. The number of aliphatic imine (C=N–C) groups is 1. The fraction of sp³-hybridized carbons (Fsp3) is 0.0833. The molecule has 0 atom stereocenters. The first kappa shape index (κ1) is 10.3. The number of nitrogens with zero attached hydrogens (tertiary/aromatic N) is 3. The summed E-state index contributed by atoms with van der Waals surface area (Å²) in [6, 6.07) is 7.37. The van der Waals surface area contributed by atoms with Gasteiger partial charge in [0.05, 0.1) is 18.4 Å². The number of aromatic nitrogens is 2. The van der Waals surface area contributed by atoms with Crippen LogP contribution in [0, 0.1) is 0 Å². The summed E-state index contributed by atoms with van der Waals surface area (Å²) in [5.74, 6) is 0.541. The van der Waals surface area contributed by atoms with Gasteiger partial charge < -0.3 is 4.74 Å². The largest absolute Gasteiger partial charge is 0.481 e. The summed E-state index contributed by atoms with van der Waals surface area (Å²) in [7, 11) is 1.59. The highest BCUT2D eigenvalue weighted by atomic mass is 16.5. The minimum atomic E-state index is 0.541. The molecule has 2 rings (SSSR count). The van der Waals surface area contributed by atoms with Gasteiger partial charge in [-0.25, -0.2) is 4.99 Å². The number of hydrogen-bond donors (Lipinski definition) is 0. The molecule has 0 radical (unpaired) electrons. The van der Waals surface area contributed by atoms with Crippen molar-refractivity contribution < 1.29 is 4.74 Å². The second kappa shape index (κ2) is 5.02. The van der Waals surface area contributed by atoms with Gasteiger partial charge in [-0.15, -0.1) is 0 Å². The van der Waals surface area contributed by atoms with E-state index < -0.39 is 0 Å². The van der Waals surface area contributed by atoms with Gasteiger partial charge in [0.1, 0.15) is 0 Å². The highest BCUT2D eigenvalue weighted by molar-refractivity contribution is 5.95. The summed E-state index contributed by atoms with van der Waals surface area (Å²) in [5, 5.41) is 0. The lowest BCUT2D eigenvalue weighted by Gasteiger charge is -2.03. The SMILES string of the molecule is COC(=Nc1ccncc1)c1cccnc1. The van der Waals surface area contributed by atoms with E-state index in [-0.39, 0.29) is 0 Å². The molecule has 0 saturated heterocycles. The predicted molar refractivity (Wildman–Crippen MR) is 61.7 cm³/mol. The first-order valence-corrected chi connectivity index (χ1v) is 4.83.